The lowest BCUT2D eigenvalue weighted by molar-refractivity contribution is 0.591. The molecule has 2 nitrogen and oxygen atoms in total. The van der Waals surface area contributed by atoms with Crippen molar-refractivity contribution in [2.24, 2.45) is 0 Å². The molecular weight excluding hydrogens is 677 g/mol. The summed E-state index contributed by atoms with van der Waals surface area (Å²) in [5.74, 6) is 0.710. The highest BCUT2D eigenvalue weighted by atomic mass is 14.9. The molecule has 0 saturated carbocycles. The molecule has 9 aromatic carbocycles. The zero-order valence-electron chi connectivity index (χ0n) is 31.8. The number of nitrogens with zero attached hydrogens (tertiary/aromatic N) is 2. The van der Waals surface area contributed by atoms with Crippen LogP contribution in [0.5, 0.6) is 0 Å². The van der Waals surface area contributed by atoms with Crippen LogP contribution in [-0.4, -0.2) is 9.97 Å². The fraction of sp³-hybridized carbons (Fsp3) is 0.0741. The Morgan fingerprint density at radius 3 is 1.36 bits per heavy atom. The molecule has 1 heterocycles. The second kappa shape index (κ2) is 13.4. The summed E-state index contributed by atoms with van der Waals surface area (Å²) in [6.07, 6.45) is 0. The van der Waals surface area contributed by atoms with Crippen LogP contribution in [0.4, 0.5) is 0 Å². The number of fused-ring (bicyclic) bond motifs is 4. The molecule has 0 aliphatic carbocycles. The first-order valence-corrected chi connectivity index (χ1v) is 19.4. The Morgan fingerprint density at radius 1 is 0.321 bits per heavy atom. The maximum atomic E-state index is 5.25. The lowest BCUT2D eigenvalue weighted by Gasteiger charge is -2.23. The van der Waals surface area contributed by atoms with E-state index in [4.69, 9.17) is 9.97 Å². The molecule has 0 fully saturated rings. The van der Waals surface area contributed by atoms with Gasteiger partial charge in [-0.15, -0.1) is 0 Å². The van der Waals surface area contributed by atoms with Crippen molar-refractivity contribution in [1.82, 2.24) is 9.97 Å². The zero-order valence-corrected chi connectivity index (χ0v) is 31.8. The van der Waals surface area contributed by atoms with Crippen LogP contribution in [0.2, 0.25) is 0 Å². The molecule has 0 aliphatic heterocycles. The van der Waals surface area contributed by atoms with Gasteiger partial charge in [-0.2, -0.15) is 0 Å². The molecule has 2 heteroatoms. The predicted molar refractivity (Wildman–Crippen MR) is 238 cm³/mol. The Bertz CT molecular complexity index is 3040. The van der Waals surface area contributed by atoms with Gasteiger partial charge in [0.1, 0.15) is 0 Å². The van der Waals surface area contributed by atoms with Crippen molar-refractivity contribution in [3.05, 3.63) is 194 Å². The van der Waals surface area contributed by atoms with Gasteiger partial charge in [-0.05, 0) is 107 Å². The minimum atomic E-state index is -0.0172. The van der Waals surface area contributed by atoms with Crippen molar-refractivity contribution >= 4 is 43.1 Å². The Hall–Kier alpha value is -6.90. The molecule has 0 radical (unpaired) electrons. The van der Waals surface area contributed by atoms with Gasteiger partial charge in [-0.25, -0.2) is 9.97 Å². The normalized spacial score (nSPS) is 11.8. The standard InChI is InChI=1S/C54H40N2/c1-54(2,3)44-27-29-46-48(33-44)52(43-25-23-36-15-11-13-21-40(36)31-43)45-28-26-41(32-47(45)51(46)42-24-22-35-14-10-12-20-39(35)30-42)50-34-49(37-16-6-4-7-17-37)55-53(56-50)38-18-8-5-9-19-38/h4-34H,1-3H3. The molecule has 0 unspecified atom stereocenters. The summed E-state index contributed by atoms with van der Waals surface area (Å²) >= 11 is 0. The second-order valence-electron chi connectivity index (χ2n) is 15.8. The monoisotopic (exact) mass is 716 g/mol. The number of benzene rings is 9. The maximum Gasteiger partial charge on any atom is 0.160 e. The van der Waals surface area contributed by atoms with Crippen LogP contribution in [0, 0.1) is 0 Å². The van der Waals surface area contributed by atoms with E-state index in [1.165, 1.54) is 70.9 Å². The summed E-state index contributed by atoms with van der Waals surface area (Å²) in [4.78, 5) is 10.3. The van der Waals surface area contributed by atoms with Crippen LogP contribution in [0.3, 0.4) is 0 Å². The van der Waals surface area contributed by atoms with Crippen molar-refractivity contribution in [2.45, 2.75) is 26.2 Å². The van der Waals surface area contributed by atoms with E-state index in [1.54, 1.807) is 0 Å². The summed E-state index contributed by atoms with van der Waals surface area (Å²) in [6, 6.07) is 68.1. The highest BCUT2D eigenvalue weighted by molar-refractivity contribution is 6.22. The molecule has 0 N–H and O–H groups in total. The third kappa shape index (κ3) is 6.01. The maximum absolute atomic E-state index is 5.25. The Balaban J connectivity index is 1.31. The smallest absolute Gasteiger partial charge is 0.160 e. The Morgan fingerprint density at radius 2 is 0.786 bits per heavy atom. The molecule has 0 spiro atoms. The van der Waals surface area contributed by atoms with Crippen molar-refractivity contribution in [3.63, 3.8) is 0 Å². The molecule has 56 heavy (non-hydrogen) atoms. The Kier molecular flexibility index (Phi) is 8.08. The summed E-state index contributed by atoms with van der Waals surface area (Å²) < 4.78 is 0. The number of aromatic nitrogens is 2. The summed E-state index contributed by atoms with van der Waals surface area (Å²) in [5, 5.41) is 9.83. The Labute approximate surface area is 327 Å². The molecule has 0 bridgehead atoms. The first kappa shape index (κ1) is 33.7. The molecule has 0 aliphatic rings. The average Bonchev–Trinajstić information content (AvgIpc) is 3.25. The van der Waals surface area contributed by atoms with E-state index in [-0.39, 0.29) is 5.41 Å². The van der Waals surface area contributed by atoms with Crippen LogP contribution in [-0.2, 0) is 5.41 Å². The molecule has 10 rings (SSSR count). The van der Waals surface area contributed by atoms with Gasteiger partial charge >= 0.3 is 0 Å². The molecule has 266 valence electrons. The highest BCUT2D eigenvalue weighted by Crippen LogP contribution is 2.47. The first-order valence-electron chi connectivity index (χ1n) is 19.4. The van der Waals surface area contributed by atoms with Gasteiger partial charge in [0.05, 0.1) is 11.4 Å². The fourth-order valence-electron chi connectivity index (χ4n) is 8.23. The SMILES string of the molecule is CC(C)(C)c1ccc2c(-c3ccc4ccccc4c3)c3cc(-c4cc(-c5ccccc5)nc(-c5ccccc5)n4)ccc3c(-c3ccc4ccccc4c3)c2c1. The van der Waals surface area contributed by atoms with E-state index < -0.39 is 0 Å². The lowest BCUT2D eigenvalue weighted by Crippen LogP contribution is -2.10. The van der Waals surface area contributed by atoms with Crippen LogP contribution < -0.4 is 0 Å². The molecule has 0 amide bonds. The largest absolute Gasteiger partial charge is 0.228 e. The minimum Gasteiger partial charge on any atom is -0.228 e. The lowest BCUT2D eigenvalue weighted by atomic mass is 9.80. The molecule has 0 saturated heterocycles. The van der Waals surface area contributed by atoms with E-state index in [1.807, 2.05) is 24.3 Å². The van der Waals surface area contributed by atoms with Crippen molar-refractivity contribution < 1.29 is 0 Å². The number of hydrogen-bond acceptors (Lipinski definition) is 2. The van der Waals surface area contributed by atoms with E-state index in [9.17, 15) is 0 Å². The van der Waals surface area contributed by atoms with Crippen molar-refractivity contribution in [2.75, 3.05) is 0 Å². The highest BCUT2D eigenvalue weighted by Gasteiger charge is 2.22. The van der Waals surface area contributed by atoms with Crippen LogP contribution in [0.15, 0.2) is 188 Å². The number of hydrogen-bond donors (Lipinski definition) is 0. The van der Waals surface area contributed by atoms with E-state index in [0.717, 1.165) is 28.1 Å². The average molecular weight is 717 g/mol. The third-order valence-corrected chi connectivity index (χ3v) is 11.2. The van der Waals surface area contributed by atoms with E-state index in [2.05, 4.69) is 185 Å². The van der Waals surface area contributed by atoms with Gasteiger partial charge in [0.2, 0.25) is 0 Å². The van der Waals surface area contributed by atoms with Gasteiger partial charge in [-0.3, -0.25) is 0 Å². The van der Waals surface area contributed by atoms with Crippen molar-refractivity contribution in [3.8, 4) is 56.2 Å². The van der Waals surface area contributed by atoms with Gasteiger partial charge in [0, 0.05) is 16.7 Å². The van der Waals surface area contributed by atoms with Crippen LogP contribution in [0.25, 0.3) is 99.2 Å². The fourth-order valence-corrected chi connectivity index (χ4v) is 8.23. The van der Waals surface area contributed by atoms with Gasteiger partial charge < -0.3 is 0 Å². The zero-order chi connectivity index (χ0) is 37.8. The summed E-state index contributed by atoms with van der Waals surface area (Å²) in [6.45, 7) is 6.91. The van der Waals surface area contributed by atoms with Crippen molar-refractivity contribution in [1.29, 1.82) is 0 Å². The van der Waals surface area contributed by atoms with E-state index in [0.29, 0.717) is 5.82 Å². The molecule has 10 aromatic rings. The minimum absolute atomic E-state index is 0.0172. The first-order chi connectivity index (χ1) is 27.4. The van der Waals surface area contributed by atoms with Gasteiger partial charge in [0.25, 0.3) is 0 Å². The summed E-state index contributed by atoms with van der Waals surface area (Å²) in [7, 11) is 0. The van der Waals surface area contributed by atoms with Gasteiger partial charge in [-0.1, -0.05) is 178 Å². The second-order valence-corrected chi connectivity index (χ2v) is 15.8. The van der Waals surface area contributed by atoms with Crippen LogP contribution in [0.1, 0.15) is 26.3 Å². The van der Waals surface area contributed by atoms with Crippen LogP contribution >= 0.6 is 0 Å². The molecule has 1 aromatic heterocycles. The molecule has 0 atom stereocenters. The number of rotatable bonds is 5. The third-order valence-electron chi connectivity index (χ3n) is 11.2. The predicted octanol–water partition coefficient (Wildman–Crippen LogP) is 14.7. The quantitative estimate of drug-likeness (QED) is 0.166. The molecular formula is C54H40N2. The summed E-state index contributed by atoms with van der Waals surface area (Å²) in [5.41, 5.74) is 11.1. The topological polar surface area (TPSA) is 25.8 Å². The van der Waals surface area contributed by atoms with E-state index >= 15 is 0 Å². The van der Waals surface area contributed by atoms with Gasteiger partial charge in [0.15, 0.2) is 5.82 Å².